The molecule has 5 nitrogen and oxygen atoms in total. The summed E-state index contributed by atoms with van der Waals surface area (Å²) in [6, 6.07) is 0.240. The van der Waals surface area contributed by atoms with Crippen molar-refractivity contribution in [2.24, 2.45) is 11.7 Å². The van der Waals surface area contributed by atoms with Crippen LogP contribution in [0.5, 0.6) is 0 Å². The van der Waals surface area contributed by atoms with E-state index in [1.807, 2.05) is 6.08 Å². The molecule has 1 saturated carbocycles. The molecule has 4 aliphatic rings. The van der Waals surface area contributed by atoms with Gasteiger partial charge < -0.3 is 20.5 Å². The predicted molar refractivity (Wildman–Crippen MR) is 99.8 cm³/mol. The van der Waals surface area contributed by atoms with E-state index in [9.17, 15) is 4.79 Å². The molecule has 4 rings (SSSR count). The number of hydrogen-bond donors (Lipinski definition) is 2. The molecule has 3 aliphatic carbocycles. The van der Waals surface area contributed by atoms with Gasteiger partial charge in [0.25, 0.3) is 0 Å². The molecule has 1 heterocycles. The molecule has 136 valence electrons. The van der Waals surface area contributed by atoms with Crippen LogP contribution in [0.15, 0.2) is 71.7 Å². The minimum absolute atomic E-state index is 0.191. The number of ether oxygens (including phenoxy) is 2. The summed E-state index contributed by atoms with van der Waals surface area (Å²) in [5, 5.41) is 3.48. The van der Waals surface area contributed by atoms with Gasteiger partial charge in [-0.3, -0.25) is 4.79 Å². The van der Waals surface area contributed by atoms with Crippen LogP contribution in [0, 0.1) is 5.92 Å². The van der Waals surface area contributed by atoms with Crippen LogP contribution in [0.25, 0.3) is 0 Å². The highest BCUT2D eigenvalue weighted by Crippen LogP contribution is 2.52. The molecule has 0 aromatic rings. The molecular formula is C21H24N2O3. The first-order valence-corrected chi connectivity index (χ1v) is 9.13. The highest BCUT2D eigenvalue weighted by atomic mass is 16.5. The zero-order chi connectivity index (χ0) is 18.0. The maximum Gasteiger partial charge on any atom is 0.217 e. The number of fused-ring (bicyclic) bond motifs is 2. The highest BCUT2D eigenvalue weighted by Gasteiger charge is 2.54. The third-order valence-corrected chi connectivity index (χ3v) is 5.11. The van der Waals surface area contributed by atoms with Crippen molar-refractivity contribution in [3.63, 3.8) is 0 Å². The van der Waals surface area contributed by atoms with Crippen LogP contribution in [0.3, 0.4) is 0 Å². The van der Waals surface area contributed by atoms with E-state index in [2.05, 4.69) is 53.9 Å². The number of nitrogens with one attached hydrogen (secondary N) is 1. The smallest absolute Gasteiger partial charge is 0.217 e. The molecule has 0 aromatic heterocycles. The fourth-order valence-electron chi connectivity index (χ4n) is 3.52. The van der Waals surface area contributed by atoms with E-state index in [0.717, 1.165) is 17.9 Å². The summed E-state index contributed by atoms with van der Waals surface area (Å²) < 4.78 is 11.9. The first-order valence-electron chi connectivity index (χ1n) is 9.13. The molecule has 0 saturated heterocycles. The van der Waals surface area contributed by atoms with Gasteiger partial charge in [-0.25, -0.2) is 0 Å². The van der Waals surface area contributed by atoms with Crippen LogP contribution in [-0.2, 0) is 14.3 Å². The van der Waals surface area contributed by atoms with Gasteiger partial charge in [0.2, 0.25) is 5.91 Å². The third kappa shape index (κ3) is 3.68. The zero-order valence-electron chi connectivity index (χ0n) is 14.7. The summed E-state index contributed by atoms with van der Waals surface area (Å²) >= 11 is 0. The summed E-state index contributed by atoms with van der Waals surface area (Å²) in [6.45, 7) is 1.08. The van der Waals surface area contributed by atoms with Crippen molar-refractivity contribution in [2.45, 2.75) is 30.9 Å². The molecule has 1 aliphatic heterocycles. The molecule has 1 fully saturated rings. The molecule has 3 atom stereocenters. The van der Waals surface area contributed by atoms with Gasteiger partial charge in [-0.2, -0.15) is 0 Å². The fraction of sp³-hybridized carbons (Fsp3) is 0.381. The largest absolute Gasteiger partial charge is 0.488 e. The minimum Gasteiger partial charge on any atom is -0.488 e. The van der Waals surface area contributed by atoms with E-state index in [-0.39, 0.29) is 17.6 Å². The highest BCUT2D eigenvalue weighted by molar-refractivity contribution is 5.73. The second-order valence-corrected chi connectivity index (χ2v) is 7.10. The number of rotatable bonds is 8. The predicted octanol–water partition coefficient (Wildman–Crippen LogP) is 2.41. The molecule has 0 spiro atoms. The Bertz CT molecular complexity index is 772. The van der Waals surface area contributed by atoms with Gasteiger partial charge in [0.05, 0.1) is 11.6 Å². The number of amides is 1. The topological polar surface area (TPSA) is 73.6 Å². The van der Waals surface area contributed by atoms with Gasteiger partial charge in [-0.1, -0.05) is 30.4 Å². The number of primary amides is 1. The van der Waals surface area contributed by atoms with Gasteiger partial charge in [0.15, 0.2) is 0 Å². The lowest BCUT2D eigenvalue weighted by atomic mass is 9.98. The number of nitrogens with two attached hydrogens (primary N) is 1. The van der Waals surface area contributed by atoms with E-state index in [0.29, 0.717) is 32.0 Å². The second kappa shape index (κ2) is 7.00. The zero-order valence-corrected chi connectivity index (χ0v) is 14.7. The van der Waals surface area contributed by atoms with Crippen molar-refractivity contribution in [3.05, 3.63) is 71.7 Å². The first-order chi connectivity index (χ1) is 12.6. The number of carbonyl (C=O) groups is 1. The van der Waals surface area contributed by atoms with Crippen LogP contribution >= 0.6 is 0 Å². The lowest BCUT2D eigenvalue weighted by Gasteiger charge is -2.25. The van der Waals surface area contributed by atoms with E-state index in [1.165, 1.54) is 5.57 Å². The Balaban J connectivity index is 1.25. The molecule has 3 unspecified atom stereocenters. The van der Waals surface area contributed by atoms with E-state index in [4.69, 9.17) is 15.2 Å². The van der Waals surface area contributed by atoms with E-state index < -0.39 is 0 Å². The number of dihydropyridines is 1. The lowest BCUT2D eigenvalue weighted by Crippen LogP contribution is -2.32. The molecule has 0 radical (unpaired) electrons. The fourth-order valence-corrected chi connectivity index (χ4v) is 3.52. The first kappa shape index (κ1) is 16.9. The Morgan fingerprint density at radius 2 is 2.23 bits per heavy atom. The van der Waals surface area contributed by atoms with Crippen LogP contribution in [0.1, 0.15) is 19.3 Å². The Labute approximate surface area is 153 Å². The third-order valence-electron chi connectivity index (χ3n) is 5.11. The summed E-state index contributed by atoms with van der Waals surface area (Å²) in [7, 11) is 0. The Kier molecular flexibility index (Phi) is 4.55. The number of carbonyl (C=O) groups excluding carboxylic acids is 1. The summed E-state index contributed by atoms with van der Waals surface area (Å²) in [5.74, 6) is 0.975. The molecule has 0 aromatic carbocycles. The molecule has 3 N–H and O–H groups in total. The maximum atomic E-state index is 10.8. The van der Waals surface area contributed by atoms with Crippen molar-refractivity contribution < 1.29 is 14.3 Å². The molecule has 5 heteroatoms. The summed E-state index contributed by atoms with van der Waals surface area (Å²) in [6.07, 6.45) is 20.8. The van der Waals surface area contributed by atoms with Crippen LogP contribution in [-0.4, -0.2) is 30.8 Å². The number of allylic oxidation sites excluding steroid dienone is 5. The Morgan fingerprint density at radius 3 is 3.08 bits per heavy atom. The van der Waals surface area contributed by atoms with Crippen molar-refractivity contribution in [1.82, 2.24) is 5.32 Å². The standard InChI is InChI=1S/C21H24N2O3/c22-20(24)6-3-11-26-21-10-9-18(12-16(21)13-21)25-14-17-8-7-15-4-1-2-5-19(15)23-17/h1-2,4-5,7-10,12,16,19,23H,3,6,11,13-14H2,(H2,22,24). The van der Waals surface area contributed by atoms with Gasteiger partial charge in [0, 0.05) is 24.6 Å². The van der Waals surface area contributed by atoms with Crippen molar-refractivity contribution >= 4 is 5.91 Å². The minimum atomic E-state index is -0.277. The average molecular weight is 352 g/mol. The quantitative estimate of drug-likeness (QED) is 0.658. The van der Waals surface area contributed by atoms with E-state index >= 15 is 0 Å². The van der Waals surface area contributed by atoms with E-state index in [1.54, 1.807) is 0 Å². The number of hydrogen-bond acceptors (Lipinski definition) is 4. The lowest BCUT2D eigenvalue weighted by molar-refractivity contribution is -0.118. The normalized spacial score (nSPS) is 30.4. The molecule has 1 amide bonds. The van der Waals surface area contributed by atoms with Crippen molar-refractivity contribution in [3.8, 4) is 0 Å². The van der Waals surface area contributed by atoms with Crippen molar-refractivity contribution in [2.75, 3.05) is 13.2 Å². The summed E-state index contributed by atoms with van der Waals surface area (Å²) in [4.78, 5) is 10.8. The summed E-state index contributed by atoms with van der Waals surface area (Å²) in [5.41, 5.74) is 7.30. The van der Waals surface area contributed by atoms with Crippen LogP contribution < -0.4 is 11.1 Å². The molecular weight excluding hydrogens is 328 g/mol. The molecule has 26 heavy (non-hydrogen) atoms. The maximum absolute atomic E-state index is 10.8. The van der Waals surface area contributed by atoms with Gasteiger partial charge in [0.1, 0.15) is 12.4 Å². The van der Waals surface area contributed by atoms with Gasteiger partial charge >= 0.3 is 0 Å². The Hall–Kier alpha value is -2.53. The SMILES string of the molecule is NC(=O)CCCOC12C=CC(OCC3=CC=C4C=CC=CC4N3)=CC1C2. The average Bonchev–Trinajstić information content (AvgIpc) is 3.37. The van der Waals surface area contributed by atoms with Gasteiger partial charge in [-0.05, 0) is 42.7 Å². The molecule has 0 bridgehead atoms. The van der Waals surface area contributed by atoms with Crippen LogP contribution in [0.4, 0.5) is 0 Å². The van der Waals surface area contributed by atoms with Crippen LogP contribution in [0.2, 0.25) is 0 Å². The van der Waals surface area contributed by atoms with Crippen molar-refractivity contribution in [1.29, 1.82) is 0 Å². The second-order valence-electron chi connectivity index (χ2n) is 7.10. The monoisotopic (exact) mass is 352 g/mol. The van der Waals surface area contributed by atoms with Gasteiger partial charge in [-0.15, -0.1) is 0 Å². The Morgan fingerprint density at radius 1 is 1.31 bits per heavy atom.